The number of primary amides is 1. The summed E-state index contributed by atoms with van der Waals surface area (Å²) in [4.78, 5) is 17.1. The first-order valence-electron chi connectivity index (χ1n) is 3.86. The minimum Gasteiger partial charge on any atom is -0.364 e. The first kappa shape index (κ1) is 13.0. The zero-order chi connectivity index (χ0) is 11.8. The fourth-order valence-corrected chi connectivity index (χ4v) is 0.678. The molecule has 0 aromatic carbocycles. The van der Waals surface area contributed by atoms with E-state index in [1.54, 1.807) is 14.1 Å². The van der Waals surface area contributed by atoms with Crippen LogP contribution in [0, 0.1) is 0 Å². The number of nitrogens with one attached hydrogen (secondary N) is 1. The third-order valence-electron chi connectivity index (χ3n) is 1.18. The average molecular weight is 214 g/mol. The Morgan fingerprint density at radius 2 is 2.13 bits per heavy atom. The molecule has 1 rings (SSSR count). The summed E-state index contributed by atoms with van der Waals surface area (Å²) in [5, 5.41) is 8.90. The van der Waals surface area contributed by atoms with Gasteiger partial charge in [0.15, 0.2) is 11.5 Å². The summed E-state index contributed by atoms with van der Waals surface area (Å²) < 4.78 is 0. The van der Waals surface area contributed by atoms with Crippen molar-refractivity contribution in [2.75, 3.05) is 14.1 Å². The van der Waals surface area contributed by atoms with Crippen molar-refractivity contribution in [1.29, 1.82) is 0 Å². The van der Waals surface area contributed by atoms with Gasteiger partial charge in [0, 0.05) is 14.1 Å². The number of carbonyl (C=O) groups excluding carboxylic acids is 1. The highest BCUT2D eigenvalue weighted by Crippen LogP contribution is 2.12. The molecule has 0 bridgehead atoms. The number of carbonyl (C=O) groups is 1. The molecule has 0 fully saturated rings. The van der Waals surface area contributed by atoms with Crippen LogP contribution >= 0.6 is 0 Å². The van der Waals surface area contributed by atoms with Crippen molar-refractivity contribution >= 4 is 11.7 Å². The Labute approximate surface area is 86.3 Å². The lowest BCUT2D eigenvalue weighted by molar-refractivity contribution is 0.0996. The standard InChI is InChI=1S/C6H10N6O.H4N2/c1-12(2)11-10-6-4(5(7)13)8-3-9-6;1-2/h3H,1-2H3,(H2,7,13)(H,8,9);1-2H2/b11-10+;. The smallest absolute Gasteiger partial charge is 0.271 e. The quantitative estimate of drug-likeness (QED) is 0.285. The predicted molar refractivity (Wildman–Crippen MR) is 53.7 cm³/mol. The topological polar surface area (TPSA) is 152 Å². The number of nitrogens with two attached hydrogens (primary N) is 3. The highest BCUT2D eigenvalue weighted by molar-refractivity contribution is 5.94. The van der Waals surface area contributed by atoms with Crippen LogP contribution in [0.2, 0.25) is 0 Å². The van der Waals surface area contributed by atoms with Crippen molar-refractivity contribution in [2.24, 2.45) is 27.8 Å². The molecule has 1 amide bonds. The SMILES string of the molecule is CN(C)/N=N/c1[nH]cnc1C(N)=O.NN. The summed E-state index contributed by atoms with van der Waals surface area (Å²) in [5.74, 6) is 7.63. The van der Waals surface area contributed by atoms with Gasteiger partial charge in [-0.3, -0.25) is 21.5 Å². The molecule has 1 heterocycles. The lowest BCUT2D eigenvalue weighted by Gasteiger charge is -1.99. The summed E-state index contributed by atoms with van der Waals surface area (Å²) in [6, 6.07) is 0. The van der Waals surface area contributed by atoms with Crippen LogP contribution in [0.15, 0.2) is 16.7 Å². The van der Waals surface area contributed by atoms with E-state index in [1.807, 2.05) is 0 Å². The third-order valence-corrected chi connectivity index (χ3v) is 1.18. The molecule has 0 atom stereocenters. The number of nitrogens with zero attached hydrogens (tertiary/aromatic N) is 4. The van der Waals surface area contributed by atoms with Crippen molar-refractivity contribution in [3.63, 3.8) is 0 Å². The molecule has 0 aliphatic carbocycles. The van der Waals surface area contributed by atoms with Gasteiger partial charge in [0.1, 0.15) is 0 Å². The van der Waals surface area contributed by atoms with Gasteiger partial charge in [-0.25, -0.2) is 4.98 Å². The van der Waals surface area contributed by atoms with Gasteiger partial charge in [0.25, 0.3) is 5.91 Å². The Balaban J connectivity index is 0.000000921. The van der Waals surface area contributed by atoms with Gasteiger partial charge in [-0.2, -0.15) is 0 Å². The lowest BCUT2D eigenvalue weighted by Crippen LogP contribution is -2.11. The Morgan fingerprint density at radius 1 is 1.53 bits per heavy atom. The van der Waals surface area contributed by atoms with Gasteiger partial charge in [-0.1, -0.05) is 5.22 Å². The van der Waals surface area contributed by atoms with E-state index < -0.39 is 5.91 Å². The molecule has 0 spiro atoms. The molecule has 0 unspecified atom stereocenters. The van der Waals surface area contributed by atoms with Crippen molar-refractivity contribution in [1.82, 2.24) is 15.0 Å². The number of amides is 1. The summed E-state index contributed by atoms with van der Waals surface area (Å²) in [7, 11) is 3.42. The van der Waals surface area contributed by atoms with Crippen LogP contribution in [0.1, 0.15) is 10.5 Å². The molecule has 0 aliphatic rings. The van der Waals surface area contributed by atoms with E-state index in [4.69, 9.17) is 5.73 Å². The van der Waals surface area contributed by atoms with Crippen LogP contribution in [0.4, 0.5) is 5.82 Å². The van der Waals surface area contributed by atoms with Gasteiger partial charge in [0.05, 0.1) is 6.33 Å². The summed E-state index contributed by atoms with van der Waals surface area (Å²) >= 11 is 0. The number of aromatic amines is 1. The second-order valence-electron chi connectivity index (χ2n) is 2.50. The van der Waals surface area contributed by atoms with E-state index in [2.05, 4.69) is 32.0 Å². The molecule has 1 aromatic rings. The number of hydrogen-bond donors (Lipinski definition) is 4. The first-order valence-corrected chi connectivity index (χ1v) is 3.86. The molecule has 84 valence electrons. The van der Waals surface area contributed by atoms with Gasteiger partial charge in [-0.15, -0.1) is 5.11 Å². The Kier molecular flexibility index (Phi) is 5.59. The summed E-state index contributed by atoms with van der Waals surface area (Å²) in [6.45, 7) is 0. The summed E-state index contributed by atoms with van der Waals surface area (Å²) in [6.07, 6.45) is 1.34. The van der Waals surface area contributed by atoms with Crippen molar-refractivity contribution < 1.29 is 4.79 Å². The molecule has 9 nitrogen and oxygen atoms in total. The number of imidazole rings is 1. The lowest BCUT2D eigenvalue weighted by atomic mass is 10.4. The number of aromatic nitrogens is 2. The van der Waals surface area contributed by atoms with E-state index >= 15 is 0 Å². The third kappa shape index (κ3) is 4.15. The molecular weight excluding hydrogens is 200 g/mol. The second-order valence-corrected chi connectivity index (χ2v) is 2.50. The van der Waals surface area contributed by atoms with Crippen LogP contribution in [-0.4, -0.2) is 35.0 Å². The number of hydrazine groups is 1. The molecule has 0 saturated carbocycles. The zero-order valence-corrected chi connectivity index (χ0v) is 8.51. The molecule has 0 radical (unpaired) electrons. The van der Waals surface area contributed by atoms with Crippen LogP contribution in [0.3, 0.4) is 0 Å². The second kappa shape index (κ2) is 6.45. The van der Waals surface area contributed by atoms with Gasteiger partial charge in [-0.05, 0) is 0 Å². The maximum Gasteiger partial charge on any atom is 0.271 e. The molecule has 15 heavy (non-hydrogen) atoms. The van der Waals surface area contributed by atoms with Gasteiger partial charge >= 0.3 is 0 Å². The van der Waals surface area contributed by atoms with E-state index in [9.17, 15) is 4.79 Å². The van der Waals surface area contributed by atoms with E-state index in [0.717, 1.165) is 0 Å². The molecule has 0 aliphatic heterocycles. The maximum atomic E-state index is 10.8. The highest BCUT2D eigenvalue weighted by atomic mass is 16.1. The minimum absolute atomic E-state index is 0.0885. The van der Waals surface area contributed by atoms with Gasteiger partial charge in [0.2, 0.25) is 0 Å². The van der Waals surface area contributed by atoms with E-state index in [0.29, 0.717) is 0 Å². The van der Waals surface area contributed by atoms with E-state index in [1.165, 1.54) is 11.3 Å². The number of hydrogen-bond acceptors (Lipinski definition) is 6. The Morgan fingerprint density at radius 3 is 2.60 bits per heavy atom. The zero-order valence-electron chi connectivity index (χ0n) is 8.51. The summed E-state index contributed by atoms with van der Waals surface area (Å²) in [5.41, 5.74) is 5.12. The molecule has 9 heteroatoms. The molecule has 7 N–H and O–H groups in total. The van der Waals surface area contributed by atoms with Crippen molar-refractivity contribution in [2.45, 2.75) is 0 Å². The number of H-pyrrole nitrogens is 1. The average Bonchev–Trinajstić information content (AvgIpc) is 2.65. The Hall–Kier alpha value is -2.00. The minimum atomic E-state index is -0.631. The van der Waals surface area contributed by atoms with Crippen LogP contribution < -0.4 is 17.4 Å². The maximum absolute atomic E-state index is 10.8. The first-order chi connectivity index (χ1) is 7.11. The fraction of sp³-hybridized carbons (Fsp3) is 0.333. The predicted octanol–water partition coefficient (Wildman–Crippen LogP) is -1.11. The van der Waals surface area contributed by atoms with Crippen molar-refractivity contribution in [3.05, 3.63) is 12.0 Å². The molecule has 0 saturated heterocycles. The van der Waals surface area contributed by atoms with Crippen LogP contribution in [0.5, 0.6) is 0 Å². The molecular formula is C6H14N8O. The van der Waals surface area contributed by atoms with Crippen molar-refractivity contribution in [3.8, 4) is 0 Å². The number of rotatable bonds is 3. The normalized spacial score (nSPS) is 9.60. The van der Waals surface area contributed by atoms with E-state index in [-0.39, 0.29) is 11.5 Å². The molecule has 1 aromatic heterocycles. The van der Waals surface area contributed by atoms with Crippen LogP contribution in [-0.2, 0) is 0 Å². The Bertz CT molecular complexity index is 330. The van der Waals surface area contributed by atoms with Crippen LogP contribution in [0.25, 0.3) is 0 Å². The highest BCUT2D eigenvalue weighted by Gasteiger charge is 2.09. The largest absolute Gasteiger partial charge is 0.364 e. The fourth-order valence-electron chi connectivity index (χ4n) is 0.678. The van der Waals surface area contributed by atoms with Gasteiger partial charge < -0.3 is 10.7 Å². The monoisotopic (exact) mass is 214 g/mol.